The lowest BCUT2D eigenvalue weighted by atomic mass is 9.97. The summed E-state index contributed by atoms with van der Waals surface area (Å²) in [6, 6.07) is 8.54. The van der Waals surface area contributed by atoms with Gasteiger partial charge in [0.2, 0.25) is 0 Å². The molecule has 110 valence electrons. The van der Waals surface area contributed by atoms with Gasteiger partial charge in [-0.3, -0.25) is 4.79 Å². The summed E-state index contributed by atoms with van der Waals surface area (Å²) in [5.41, 5.74) is 0.768. The van der Waals surface area contributed by atoms with Gasteiger partial charge >= 0.3 is 5.97 Å². The van der Waals surface area contributed by atoms with E-state index in [1.807, 2.05) is 39.0 Å². The van der Waals surface area contributed by atoms with E-state index in [0.717, 1.165) is 6.42 Å². The molecule has 1 heterocycles. The first-order valence-corrected chi connectivity index (χ1v) is 7.38. The van der Waals surface area contributed by atoms with Crippen LogP contribution in [-0.4, -0.2) is 30.5 Å². The molecule has 1 unspecified atom stereocenters. The number of benzene rings is 1. The van der Waals surface area contributed by atoms with Crippen molar-refractivity contribution in [2.24, 2.45) is 5.41 Å². The summed E-state index contributed by atoms with van der Waals surface area (Å²) in [5, 5.41) is 0. The second-order valence-corrected chi connectivity index (χ2v) is 6.77. The summed E-state index contributed by atoms with van der Waals surface area (Å²) in [6.07, 6.45) is 3.56. The lowest BCUT2D eigenvalue weighted by Gasteiger charge is -2.20. The van der Waals surface area contributed by atoms with Crippen molar-refractivity contribution in [1.29, 1.82) is 0 Å². The Morgan fingerprint density at radius 1 is 1.40 bits per heavy atom. The second kappa shape index (κ2) is 5.96. The van der Waals surface area contributed by atoms with Gasteiger partial charge in [-0.1, -0.05) is 12.1 Å². The predicted molar refractivity (Wildman–Crippen MR) is 80.9 cm³/mol. The molecule has 0 aromatic heterocycles. The molecule has 0 N–H and O–H groups in total. The Labute approximate surface area is 121 Å². The summed E-state index contributed by atoms with van der Waals surface area (Å²) in [7, 11) is 2.18. The van der Waals surface area contributed by atoms with Crippen LogP contribution in [0.25, 0.3) is 0 Å². The van der Waals surface area contributed by atoms with Crippen molar-refractivity contribution in [3.8, 4) is 5.75 Å². The Kier molecular flexibility index (Phi) is 4.48. The van der Waals surface area contributed by atoms with Gasteiger partial charge in [0.1, 0.15) is 5.75 Å². The van der Waals surface area contributed by atoms with E-state index in [0.29, 0.717) is 11.8 Å². The Bertz CT molecular complexity index is 476. The van der Waals surface area contributed by atoms with Gasteiger partial charge in [-0.25, -0.2) is 0 Å². The molecule has 1 saturated heterocycles. The van der Waals surface area contributed by atoms with Crippen molar-refractivity contribution in [2.75, 3.05) is 13.6 Å². The fraction of sp³-hybridized carbons (Fsp3) is 0.588. The minimum Gasteiger partial charge on any atom is -0.426 e. The van der Waals surface area contributed by atoms with Gasteiger partial charge in [0.05, 0.1) is 5.41 Å². The van der Waals surface area contributed by atoms with Crippen LogP contribution in [0.2, 0.25) is 0 Å². The van der Waals surface area contributed by atoms with E-state index in [1.165, 1.54) is 24.9 Å². The SMILES string of the molecule is CN1CCCC1Cc1cccc(OC(=O)C(C)(C)C)c1. The van der Waals surface area contributed by atoms with Crippen LogP contribution in [0.5, 0.6) is 5.75 Å². The number of carbonyl (C=O) groups is 1. The summed E-state index contributed by atoms with van der Waals surface area (Å²) in [4.78, 5) is 14.3. The van der Waals surface area contributed by atoms with E-state index in [2.05, 4.69) is 18.0 Å². The zero-order valence-electron chi connectivity index (χ0n) is 13.0. The highest BCUT2D eigenvalue weighted by molar-refractivity contribution is 5.77. The third-order valence-electron chi connectivity index (χ3n) is 3.86. The van der Waals surface area contributed by atoms with Crippen LogP contribution in [0.3, 0.4) is 0 Å². The van der Waals surface area contributed by atoms with Crippen LogP contribution in [-0.2, 0) is 11.2 Å². The number of carbonyl (C=O) groups excluding carboxylic acids is 1. The standard InChI is InChI=1S/C17H25NO2/c1-17(2,3)16(19)20-15-9-5-7-13(12-15)11-14-8-6-10-18(14)4/h5,7,9,12,14H,6,8,10-11H2,1-4H3. The van der Waals surface area contributed by atoms with Crippen LogP contribution in [0.15, 0.2) is 24.3 Å². The van der Waals surface area contributed by atoms with E-state index in [4.69, 9.17) is 4.74 Å². The Morgan fingerprint density at radius 2 is 2.15 bits per heavy atom. The summed E-state index contributed by atoms with van der Waals surface area (Å²) in [6.45, 7) is 6.79. The fourth-order valence-electron chi connectivity index (χ4n) is 2.51. The molecule has 1 aromatic rings. The molecule has 0 bridgehead atoms. The largest absolute Gasteiger partial charge is 0.426 e. The molecule has 3 nitrogen and oxygen atoms in total. The summed E-state index contributed by atoms with van der Waals surface area (Å²) >= 11 is 0. The molecule has 2 rings (SSSR count). The number of ether oxygens (including phenoxy) is 1. The van der Waals surface area contributed by atoms with Crippen LogP contribution in [0.4, 0.5) is 0 Å². The first kappa shape index (κ1) is 15.0. The van der Waals surface area contributed by atoms with Crippen LogP contribution < -0.4 is 4.74 Å². The molecule has 20 heavy (non-hydrogen) atoms. The third kappa shape index (κ3) is 3.83. The van der Waals surface area contributed by atoms with Crippen molar-refractivity contribution < 1.29 is 9.53 Å². The van der Waals surface area contributed by atoms with Gasteiger partial charge in [0.15, 0.2) is 0 Å². The Morgan fingerprint density at radius 3 is 2.75 bits per heavy atom. The third-order valence-corrected chi connectivity index (χ3v) is 3.86. The monoisotopic (exact) mass is 275 g/mol. The summed E-state index contributed by atoms with van der Waals surface area (Å²) < 4.78 is 5.46. The number of hydrogen-bond acceptors (Lipinski definition) is 3. The highest BCUT2D eigenvalue weighted by Crippen LogP contribution is 2.23. The number of rotatable bonds is 3. The van der Waals surface area contributed by atoms with Crippen molar-refractivity contribution in [2.45, 2.75) is 46.1 Å². The Hall–Kier alpha value is -1.35. The number of likely N-dealkylation sites (N-methyl/N-ethyl adjacent to an activating group) is 1. The molecular weight excluding hydrogens is 250 g/mol. The topological polar surface area (TPSA) is 29.5 Å². The maximum absolute atomic E-state index is 11.9. The van der Waals surface area contributed by atoms with Crippen LogP contribution in [0.1, 0.15) is 39.2 Å². The zero-order valence-corrected chi connectivity index (χ0v) is 13.0. The minimum atomic E-state index is -0.471. The van der Waals surface area contributed by atoms with Crippen molar-refractivity contribution >= 4 is 5.97 Å². The number of nitrogens with zero attached hydrogens (tertiary/aromatic N) is 1. The van der Waals surface area contributed by atoms with Gasteiger partial charge in [0.25, 0.3) is 0 Å². The maximum Gasteiger partial charge on any atom is 0.316 e. The van der Waals surface area contributed by atoms with Crippen molar-refractivity contribution in [3.63, 3.8) is 0 Å². The normalized spacial score (nSPS) is 20.1. The molecular formula is C17H25NO2. The van der Waals surface area contributed by atoms with Crippen LogP contribution in [0, 0.1) is 5.41 Å². The van der Waals surface area contributed by atoms with Gasteiger partial charge < -0.3 is 9.64 Å². The van der Waals surface area contributed by atoms with Crippen LogP contribution >= 0.6 is 0 Å². The molecule has 0 radical (unpaired) electrons. The molecule has 0 spiro atoms. The lowest BCUT2D eigenvalue weighted by Crippen LogP contribution is -2.27. The zero-order chi connectivity index (χ0) is 14.8. The second-order valence-electron chi connectivity index (χ2n) is 6.77. The van der Waals surface area contributed by atoms with Crippen molar-refractivity contribution in [3.05, 3.63) is 29.8 Å². The smallest absolute Gasteiger partial charge is 0.316 e. The molecule has 0 amide bonds. The molecule has 1 aliphatic rings. The molecule has 1 aliphatic heterocycles. The number of likely N-dealkylation sites (tertiary alicyclic amines) is 1. The van der Waals surface area contributed by atoms with E-state index < -0.39 is 5.41 Å². The van der Waals surface area contributed by atoms with Gasteiger partial charge in [-0.2, -0.15) is 0 Å². The fourth-order valence-corrected chi connectivity index (χ4v) is 2.51. The van der Waals surface area contributed by atoms with E-state index in [-0.39, 0.29) is 5.97 Å². The van der Waals surface area contributed by atoms with Crippen molar-refractivity contribution in [1.82, 2.24) is 4.90 Å². The minimum absolute atomic E-state index is 0.187. The van der Waals surface area contributed by atoms with E-state index in [1.54, 1.807) is 0 Å². The quantitative estimate of drug-likeness (QED) is 0.626. The van der Waals surface area contributed by atoms with Gasteiger partial charge in [-0.15, -0.1) is 0 Å². The number of esters is 1. The Balaban J connectivity index is 2.02. The van der Waals surface area contributed by atoms with Gasteiger partial charge in [-0.05, 0) is 71.3 Å². The molecule has 0 aliphatic carbocycles. The molecule has 0 saturated carbocycles. The average Bonchev–Trinajstić information content (AvgIpc) is 2.74. The highest BCUT2D eigenvalue weighted by atomic mass is 16.5. The predicted octanol–water partition coefficient (Wildman–Crippen LogP) is 3.27. The maximum atomic E-state index is 11.9. The highest BCUT2D eigenvalue weighted by Gasteiger charge is 2.24. The molecule has 1 atom stereocenters. The van der Waals surface area contributed by atoms with E-state index >= 15 is 0 Å². The molecule has 1 aromatic carbocycles. The first-order chi connectivity index (χ1) is 9.36. The van der Waals surface area contributed by atoms with Gasteiger partial charge in [0, 0.05) is 6.04 Å². The average molecular weight is 275 g/mol. The first-order valence-electron chi connectivity index (χ1n) is 7.38. The number of hydrogen-bond donors (Lipinski definition) is 0. The molecule has 1 fully saturated rings. The molecule has 3 heteroatoms. The lowest BCUT2D eigenvalue weighted by molar-refractivity contribution is -0.142. The summed E-state index contributed by atoms with van der Waals surface area (Å²) in [5.74, 6) is 0.468. The van der Waals surface area contributed by atoms with E-state index in [9.17, 15) is 4.79 Å².